The summed E-state index contributed by atoms with van der Waals surface area (Å²) in [6.45, 7) is 2.20. The number of amides is 1. The number of anilines is 2. The van der Waals surface area contributed by atoms with Gasteiger partial charge in [0, 0.05) is 19.0 Å². The summed E-state index contributed by atoms with van der Waals surface area (Å²) < 4.78 is 0. The maximum Gasteiger partial charge on any atom is 0.227 e. The summed E-state index contributed by atoms with van der Waals surface area (Å²) in [6, 6.07) is 3.96. The Morgan fingerprint density at radius 2 is 2.00 bits per heavy atom. The molecule has 2 fully saturated rings. The minimum Gasteiger partial charge on any atom is -0.357 e. The van der Waals surface area contributed by atoms with Crippen molar-refractivity contribution in [3.63, 3.8) is 0 Å². The maximum absolute atomic E-state index is 11.8. The molecule has 1 saturated heterocycles. The number of aromatic nitrogens is 1. The Hall–Kier alpha value is -1.58. The van der Waals surface area contributed by atoms with E-state index in [-0.39, 0.29) is 11.8 Å². The van der Waals surface area contributed by atoms with Crippen LogP contribution in [0.4, 0.5) is 11.5 Å². The zero-order valence-corrected chi connectivity index (χ0v) is 10.6. The number of nitrogens with one attached hydrogen (secondary N) is 1. The second-order valence-corrected chi connectivity index (χ2v) is 5.22. The van der Waals surface area contributed by atoms with E-state index < -0.39 is 0 Å². The van der Waals surface area contributed by atoms with Crippen molar-refractivity contribution in [1.29, 1.82) is 0 Å². The van der Waals surface area contributed by atoms with E-state index in [0.717, 1.165) is 37.4 Å². The number of carbonyl (C=O) groups excluding carboxylic acids is 1. The first-order valence-corrected chi connectivity index (χ1v) is 6.85. The molecule has 2 aliphatic rings. The van der Waals surface area contributed by atoms with E-state index in [1.807, 2.05) is 12.1 Å². The van der Waals surface area contributed by atoms with Crippen molar-refractivity contribution in [3.05, 3.63) is 18.3 Å². The molecule has 3 rings (SSSR count). The van der Waals surface area contributed by atoms with Crippen LogP contribution in [0, 0.1) is 5.92 Å². The standard InChI is InChI=1S/C14H19N3O/c18-14(11-4-3-5-11)16-12-6-7-13(15-10-12)17-8-1-2-9-17/h6-7,10-11H,1-5,8-9H2,(H,16,18). The Balaban J connectivity index is 1.61. The minimum atomic E-state index is 0.150. The zero-order chi connectivity index (χ0) is 12.4. The van der Waals surface area contributed by atoms with Crippen LogP contribution in [0.5, 0.6) is 0 Å². The van der Waals surface area contributed by atoms with E-state index in [1.165, 1.54) is 19.3 Å². The largest absolute Gasteiger partial charge is 0.357 e. The van der Waals surface area contributed by atoms with Crippen molar-refractivity contribution < 1.29 is 4.79 Å². The van der Waals surface area contributed by atoms with Gasteiger partial charge in [-0.25, -0.2) is 4.98 Å². The average Bonchev–Trinajstić information content (AvgIpc) is 2.81. The SMILES string of the molecule is O=C(Nc1ccc(N2CCCC2)nc1)C1CCC1. The Morgan fingerprint density at radius 3 is 2.56 bits per heavy atom. The monoisotopic (exact) mass is 245 g/mol. The fourth-order valence-corrected chi connectivity index (χ4v) is 2.51. The number of hydrogen-bond acceptors (Lipinski definition) is 3. The normalized spacial score (nSPS) is 19.7. The molecular weight excluding hydrogens is 226 g/mol. The number of pyridine rings is 1. The maximum atomic E-state index is 11.8. The molecule has 0 spiro atoms. The summed E-state index contributed by atoms with van der Waals surface area (Å²) in [4.78, 5) is 18.5. The van der Waals surface area contributed by atoms with Crippen LogP contribution in [-0.4, -0.2) is 24.0 Å². The van der Waals surface area contributed by atoms with Crippen LogP contribution in [0.3, 0.4) is 0 Å². The van der Waals surface area contributed by atoms with Gasteiger partial charge in [-0.3, -0.25) is 4.79 Å². The molecule has 0 radical (unpaired) electrons. The molecule has 2 heterocycles. The fourth-order valence-electron chi connectivity index (χ4n) is 2.51. The van der Waals surface area contributed by atoms with E-state index >= 15 is 0 Å². The van der Waals surface area contributed by atoms with Crippen LogP contribution in [0.25, 0.3) is 0 Å². The summed E-state index contributed by atoms with van der Waals surface area (Å²) in [5, 5.41) is 2.94. The molecule has 1 aromatic rings. The molecule has 1 saturated carbocycles. The number of rotatable bonds is 3. The first kappa shape index (κ1) is 11.5. The topological polar surface area (TPSA) is 45.2 Å². The molecule has 1 amide bonds. The lowest BCUT2D eigenvalue weighted by atomic mass is 9.85. The Morgan fingerprint density at radius 1 is 1.22 bits per heavy atom. The lowest BCUT2D eigenvalue weighted by Crippen LogP contribution is -2.28. The van der Waals surface area contributed by atoms with Gasteiger partial charge in [-0.2, -0.15) is 0 Å². The van der Waals surface area contributed by atoms with Gasteiger partial charge in [0.2, 0.25) is 5.91 Å². The molecule has 0 bridgehead atoms. The Bertz CT molecular complexity index is 419. The molecule has 0 atom stereocenters. The molecule has 0 aromatic carbocycles. The summed E-state index contributed by atoms with van der Waals surface area (Å²) in [5.41, 5.74) is 0.815. The number of carbonyl (C=O) groups is 1. The molecular formula is C14H19N3O. The van der Waals surface area contributed by atoms with Crippen LogP contribution in [0.1, 0.15) is 32.1 Å². The van der Waals surface area contributed by atoms with Crippen LogP contribution < -0.4 is 10.2 Å². The quantitative estimate of drug-likeness (QED) is 0.889. The summed E-state index contributed by atoms with van der Waals surface area (Å²) in [6.07, 6.45) is 7.52. The third-order valence-electron chi connectivity index (χ3n) is 3.92. The lowest BCUT2D eigenvalue weighted by molar-refractivity contribution is -0.122. The van der Waals surface area contributed by atoms with E-state index in [9.17, 15) is 4.79 Å². The third kappa shape index (κ3) is 2.33. The molecule has 1 aromatic heterocycles. The van der Waals surface area contributed by atoms with Crippen LogP contribution in [0.15, 0.2) is 18.3 Å². The highest BCUT2D eigenvalue weighted by Crippen LogP contribution is 2.27. The highest BCUT2D eigenvalue weighted by Gasteiger charge is 2.25. The minimum absolute atomic E-state index is 0.150. The molecule has 1 aliphatic carbocycles. The number of nitrogens with zero attached hydrogens (tertiary/aromatic N) is 2. The first-order chi connectivity index (χ1) is 8.83. The predicted molar refractivity (Wildman–Crippen MR) is 71.7 cm³/mol. The van der Waals surface area contributed by atoms with Gasteiger partial charge in [-0.15, -0.1) is 0 Å². The Kier molecular flexibility index (Phi) is 3.17. The van der Waals surface area contributed by atoms with Crippen LogP contribution in [0.2, 0.25) is 0 Å². The van der Waals surface area contributed by atoms with Crippen LogP contribution >= 0.6 is 0 Å². The summed E-state index contributed by atoms with van der Waals surface area (Å²) in [5.74, 6) is 1.40. The number of hydrogen-bond donors (Lipinski definition) is 1. The smallest absolute Gasteiger partial charge is 0.227 e. The highest BCUT2D eigenvalue weighted by molar-refractivity contribution is 5.92. The molecule has 4 nitrogen and oxygen atoms in total. The van der Waals surface area contributed by atoms with Crippen molar-refractivity contribution in [3.8, 4) is 0 Å². The van der Waals surface area contributed by atoms with Crippen molar-refractivity contribution in [2.45, 2.75) is 32.1 Å². The molecule has 0 unspecified atom stereocenters. The highest BCUT2D eigenvalue weighted by atomic mass is 16.1. The van der Waals surface area contributed by atoms with E-state index in [4.69, 9.17) is 0 Å². The van der Waals surface area contributed by atoms with Gasteiger partial charge in [-0.05, 0) is 37.8 Å². The lowest BCUT2D eigenvalue weighted by Gasteiger charge is -2.24. The fraction of sp³-hybridized carbons (Fsp3) is 0.571. The van der Waals surface area contributed by atoms with Gasteiger partial charge in [0.05, 0.1) is 11.9 Å². The molecule has 4 heteroatoms. The predicted octanol–water partition coefficient (Wildman–Crippen LogP) is 2.42. The van der Waals surface area contributed by atoms with Gasteiger partial charge >= 0.3 is 0 Å². The first-order valence-electron chi connectivity index (χ1n) is 6.85. The van der Waals surface area contributed by atoms with Gasteiger partial charge in [-0.1, -0.05) is 6.42 Å². The Labute approximate surface area is 107 Å². The average molecular weight is 245 g/mol. The van der Waals surface area contributed by atoms with Crippen molar-refractivity contribution in [2.75, 3.05) is 23.3 Å². The van der Waals surface area contributed by atoms with Crippen molar-refractivity contribution >= 4 is 17.4 Å². The third-order valence-corrected chi connectivity index (χ3v) is 3.92. The van der Waals surface area contributed by atoms with Crippen molar-refractivity contribution in [2.24, 2.45) is 5.92 Å². The van der Waals surface area contributed by atoms with Crippen LogP contribution in [-0.2, 0) is 4.79 Å². The molecule has 18 heavy (non-hydrogen) atoms. The van der Waals surface area contributed by atoms with Crippen molar-refractivity contribution in [1.82, 2.24) is 4.98 Å². The van der Waals surface area contributed by atoms with E-state index in [2.05, 4.69) is 15.2 Å². The van der Waals surface area contributed by atoms with Gasteiger partial charge in [0.25, 0.3) is 0 Å². The second-order valence-electron chi connectivity index (χ2n) is 5.22. The van der Waals surface area contributed by atoms with E-state index in [0.29, 0.717) is 0 Å². The van der Waals surface area contributed by atoms with Gasteiger partial charge in [0.15, 0.2) is 0 Å². The van der Waals surface area contributed by atoms with Gasteiger partial charge < -0.3 is 10.2 Å². The summed E-state index contributed by atoms with van der Waals surface area (Å²) >= 11 is 0. The zero-order valence-electron chi connectivity index (χ0n) is 10.6. The second kappa shape index (κ2) is 4.96. The van der Waals surface area contributed by atoms with Gasteiger partial charge in [0.1, 0.15) is 5.82 Å². The molecule has 1 aliphatic heterocycles. The van der Waals surface area contributed by atoms with E-state index in [1.54, 1.807) is 6.20 Å². The summed E-state index contributed by atoms with van der Waals surface area (Å²) in [7, 11) is 0. The molecule has 1 N–H and O–H groups in total. The molecule has 96 valence electrons.